The molecule has 2 unspecified atom stereocenters. The molecule has 2 saturated heterocycles. The van der Waals surface area contributed by atoms with E-state index < -0.39 is 0 Å². The number of hydrogen-bond acceptors (Lipinski definition) is 5. The van der Waals surface area contributed by atoms with Gasteiger partial charge in [-0.3, -0.25) is 4.68 Å². The van der Waals surface area contributed by atoms with Gasteiger partial charge in [0.25, 0.3) is 0 Å². The molecular formula is C20H24Cl2N6O. The Morgan fingerprint density at radius 3 is 2.52 bits per heavy atom. The van der Waals surface area contributed by atoms with Crippen molar-refractivity contribution in [1.82, 2.24) is 24.5 Å². The standard InChI is InChI=1S/C20H23ClN6O.ClH/c1-24-8-16-11-28-12-17(9-24)26(16)20-5-19-13(4-18(20)21)6-23-27(19)15-7-22-25(10-15)14-2-3-14;/h4-7,10,14,16-17H,2-3,8-9,11-12H2,1H3;1H. The molecule has 3 aliphatic rings. The molecule has 2 atom stereocenters. The molecule has 0 radical (unpaired) electrons. The van der Waals surface area contributed by atoms with E-state index in [0.717, 1.165) is 53.6 Å². The molecule has 1 aromatic carbocycles. The number of rotatable bonds is 3. The Morgan fingerprint density at radius 1 is 1.03 bits per heavy atom. The molecule has 1 saturated carbocycles. The Hall–Kier alpha value is -1.80. The van der Waals surface area contributed by atoms with Crippen LogP contribution in [0.15, 0.2) is 30.7 Å². The lowest BCUT2D eigenvalue weighted by Gasteiger charge is -2.50. The number of aromatic nitrogens is 4. The molecule has 3 aromatic rings. The van der Waals surface area contributed by atoms with Crippen LogP contribution < -0.4 is 4.90 Å². The van der Waals surface area contributed by atoms with Gasteiger partial charge in [-0.15, -0.1) is 12.4 Å². The van der Waals surface area contributed by atoms with Gasteiger partial charge < -0.3 is 14.5 Å². The first-order valence-electron chi connectivity index (χ1n) is 9.94. The van der Waals surface area contributed by atoms with Crippen LogP contribution >= 0.6 is 24.0 Å². The highest BCUT2D eigenvalue weighted by Gasteiger charge is 2.38. The number of ether oxygens (including phenoxy) is 1. The molecule has 2 bridgehead atoms. The molecule has 0 amide bonds. The van der Waals surface area contributed by atoms with E-state index in [1.807, 2.05) is 23.1 Å². The first kappa shape index (κ1) is 19.2. The summed E-state index contributed by atoms with van der Waals surface area (Å²) in [5.74, 6) is 0. The second kappa shape index (κ2) is 7.16. The molecule has 29 heavy (non-hydrogen) atoms. The molecule has 7 nitrogen and oxygen atoms in total. The minimum Gasteiger partial charge on any atom is -0.377 e. The van der Waals surface area contributed by atoms with Gasteiger partial charge in [0.2, 0.25) is 0 Å². The summed E-state index contributed by atoms with van der Waals surface area (Å²) in [6.07, 6.45) is 8.31. The maximum absolute atomic E-state index is 6.74. The average Bonchev–Trinajstić information content (AvgIpc) is 3.26. The maximum atomic E-state index is 6.74. The summed E-state index contributed by atoms with van der Waals surface area (Å²) in [6, 6.07) is 5.43. The van der Waals surface area contributed by atoms with Crippen molar-refractivity contribution in [3.05, 3.63) is 35.7 Å². The predicted octanol–water partition coefficient (Wildman–Crippen LogP) is 3.15. The zero-order valence-electron chi connectivity index (χ0n) is 16.2. The number of likely N-dealkylation sites (N-methyl/N-ethyl adjacent to an activating group) is 1. The van der Waals surface area contributed by atoms with E-state index >= 15 is 0 Å². The van der Waals surface area contributed by atoms with Gasteiger partial charge in [0.15, 0.2) is 0 Å². The monoisotopic (exact) mass is 434 g/mol. The molecule has 154 valence electrons. The van der Waals surface area contributed by atoms with Crippen LogP contribution in [0.4, 0.5) is 5.69 Å². The SMILES string of the molecule is CN1CC2COCC(C1)N2c1cc2c(cnn2-c2cnn(C3CC3)c2)cc1Cl.Cl. The smallest absolute Gasteiger partial charge is 0.103 e. The van der Waals surface area contributed by atoms with Crippen molar-refractivity contribution in [2.24, 2.45) is 0 Å². The number of morpholine rings is 1. The lowest BCUT2D eigenvalue weighted by Crippen LogP contribution is -2.64. The number of halogens is 2. The summed E-state index contributed by atoms with van der Waals surface area (Å²) in [5.41, 5.74) is 3.14. The fourth-order valence-electron chi connectivity index (χ4n) is 4.68. The summed E-state index contributed by atoms with van der Waals surface area (Å²) in [4.78, 5) is 4.85. The Morgan fingerprint density at radius 2 is 1.79 bits per heavy atom. The van der Waals surface area contributed by atoms with Gasteiger partial charge in [-0.1, -0.05) is 11.6 Å². The van der Waals surface area contributed by atoms with Crippen LogP contribution in [0.1, 0.15) is 18.9 Å². The van der Waals surface area contributed by atoms with Gasteiger partial charge in [0, 0.05) is 18.5 Å². The maximum Gasteiger partial charge on any atom is 0.103 e. The summed E-state index contributed by atoms with van der Waals surface area (Å²) < 4.78 is 9.87. The predicted molar refractivity (Wildman–Crippen MR) is 116 cm³/mol. The van der Waals surface area contributed by atoms with Crippen LogP contribution in [0.5, 0.6) is 0 Å². The zero-order valence-corrected chi connectivity index (χ0v) is 17.8. The minimum absolute atomic E-state index is 0. The van der Waals surface area contributed by atoms with E-state index in [0.29, 0.717) is 18.1 Å². The van der Waals surface area contributed by atoms with E-state index in [4.69, 9.17) is 16.3 Å². The third-order valence-corrected chi connectivity index (χ3v) is 6.42. The van der Waals surface area contributed by atoms with Crippen LogP contribution in [0.25, 0.3) is 16.6 Å². The van der Waals surface area contributed by atoms with Gasteiger partial charge in [-0.25, -0.2) is 4.68 Å². The Kier molecular flexibility index (Phi) is 4.74. The van der Waals surface area contributed by atoms with E-state index in [9.17, 15) is 0 Å². The van der Waals surface area contributed by atoms with Crippen molar-refractivity contribution in [2.45, 2.75) is 31.0 Å². The zero-order chi connectivity index (χ0) is 18.8. The van der Waals surface area contributed by atoms with Gasteiger partial charge in [-0.2, -0.15) is 10.2 Å². The normalized spacial score (nSPS) is 24.7. The van der Waals surface area contributed by atoms with Crippen molar-refractivity contribution in [1.29, 1.82) is 0 Å². The molecule has 1 aliphatic carbocycles. The second-order valence-corrected chi connectivity index (χ2v) is 8.71. The molecule has 0 spiro atoms. The Bertz CT molecular complexity index is 1030. The number of benzene rings is 1. The number of piperazine rings is 1. The van der Waals surface area contributed by atoms with E-state index in [2.05, 4.69) is 44.0 Å². The van der Waals surface area contributed by atoms with Crippen molar-refractivity contribution in [3.8, 4) is 5.69 Å². The molecule has 4 heterocycles. The highest BCUT2D eigenvalue weighted by molar-refractivity contribution is 6.34. The average molecular weight is 435 g/mol. The summed E-state index contributed by atoms with van der Waals surface area (Å²) >= 11 is 6.74. The topological polar surface area (TPSA) is 51.4 Å². The summed E-state index contributed by atoms with van der Waals surface area (Å²) in [6.45, 7) is 3.45. The first-order chi connectivity index (χ1) is 13.7. The molecule has 0 N–H and O–H groups in total. The van der Waals surface area contributed by atoms with E-state index in [1.54, 1.807) is 0 Å². The number of anilines is 1. The quantitative estimate of drug-likeness (QED) is 0.633. The molecule has 3 fully saturated rings. The van der Waals surface area contributed by atoms with Crippen LogP contribution in [-0.2, 0) is 4.74 Å². The summed E-state index contributed by atoms with van der Waals surface area (Å²) in [7, 11) is 2.18. The van der Waals surface area contributed by atoms with Crippen molar-refractivity contribution >= 4 is 40.6 Å². The van der Waals surface area contributed by atoms with Crippen LogP contribution in [-0.4, -0.2) is 69.9 Å². The fourth-order valence-corrected chi connectivity index (χ4v) is 4.95. The number of hydrogen-bond donors (Lipinski definition) is 0. The lowest BCUT2D eigenvalue weighted by atomic mass is 10.0. The van der Waals surface area contributed by atoms with E-state index in [1.165, 1.54) is 12.8 Å². The van der Waals surface area contributed by atoms with Crippen molar-refractivity contribution in [3.63, 3.8) is 0 Å². The van der Waals surface area contributed by atoms with Crippen LogP contribution in [0.2, 0.25) is 5.02 Å². The minimum atomic E-state index is 0. The highest BCUT2D eigenvalue weighted by Crippen LogP contribution is 2.38. The Balaban J connectivity index is 0.00000181. The Labute approximate surface area is 180 Å². The number of nitrogens with zero attached hydrogens (tertiary/aromatic N) is 6. The number of fused-ring (bicyclic) bond motifs is 3. The first-order valence-corrected chi connectivity index (χ1v) is 10.3. The van der Waals surface area contributed by atoms with Gasteiger partial charge in [0.1, 0.15) is 5.69 Å². The molecular weight excluding hydrogens is 411 g/mol. The molecule has 6 rings (SSSR count). The van der Waals surface area contributed by atoms with Crippen molar-refractivity contribution in [2.75, 3.05) is 38.3 Å². The largest absolute Gasteiger partial charge is 0.377 e. The molecule has 2 aromatic heterocycles. The molecule has 9 heteroatoms. The van der Waals surface area contributed by atoms with Gasteiger partial charge in [-0.05, 0) is 32.0 Å². The fraction of sp³-hybridized carbons (Fsp3) is 0.500. The second-order valence-electron chi connectivity index (χ2n) is 8.30. The van der Waals surface area contributed by atoms with Crippen LogP contribution in [0.3, 0.4) is 0 Å². The summed E-state index contributed by atoms with van der Waals surface area (Å²) in [5, 5.41) is 11.0. The van der Waals surface area contributed by atoms with Crippen LogP contribution in [0, 0.1) is 0 Å². The highest BCUT2D eigenvalue weighted by atomic mass is 35.5. The van der Waals surface area contributed by atoms with Crippen molar-refractivity contribution < 1.29 is 4.74 Å². The van der Waals surface area contributed by atoms with E-state index in [-0.39, 0.29) is 12.4 Å². The third kappa shape index (κ3) is 3.20. The lowest BCUT2D eigenvalue weighted by molar-refractivity contribution is 0.0229. The van der Waals surface area contributed by atoms with Gasteiger partial charge >= 0.3 is 0 Å². The van der Waals surface area contributed by atoms with Gasteiger partial charge in [0.05, 0.1) is 66.2 Å². The molecule has 2 aliphatic heterocycles. The third-order valence-electron chi connectivity index (χ3n) is 6.12.